The van der Waals surface area contributed by atoms with Crippen LogP contribution in [0.2, 0.25) is 13.1 Å². The van der Waals surface area contributed by atoms with E-state index in [9.17, 15) is 0 Å². The highest BCUT2D eigenvalue weighted by atomic mass is 28.3. The second-order valence-electron chi connectivity index (χ2n) is 4.05. The fourth-order valence-electron chi connectivity index (χ4n) is 1.91. The van der Waals surface area contributed by atoms with Gasteiger partial charge in [0.15, 0.2) is 0 Å². The fraction of sp³-hybridized carbons (Fsp3) is 1.00. The summed E-state index contributed by atoms with van der Waals surface area (Å²) in [6.45, 7) is 4.92. The lowest BCUT2D eigenvalue weighted by molar-refractivity contribution is 0.342. The minimum atomic E-state index is -0.443. The van der Waals surface area contributed by atoms with Gasteiger partial charge in [0.05, 0.1) is 19.4 Å². The van der Waals surface area contributed by atoms with Crippen molar-refractivity contribution < 1.29 is 0 Å². The van der Waals surface area contributed by atoms with E-state index < -0.39 is 8.96 Å². The van der Waals surface area contributed by atoms with Crippen molar-refractivity contribution in [1.82, 2.24) is 4.23 Å². The van der Waals surface area contributed by atoms with Crippen LogP contribution >= 0.6 is 0 Å². The Balaban J connectivity index is 2.32. The molecule has 66 valence electrons. The van der Waals surface area contributed by atoms with Crippen LogP contribution in [0.1, 0.15) is 32.1 Å². The summed E-state index contributed by atoms with van der Waals surface area (Å²) < 4.78 is 2.80. The van der Waals surface area contributed by atoms with E-state index in [4.69, 9.17) is 0 Å². The monoisotopic (exact) mass is 187 g/mol. The average Bonchev–Trinajstić information content (AvgIpc) is 2.05. The number of hydrogen-bond donors (Lipinski definition) is 0. The van der Waals surface area contributed by atoms with E-state index in [0.717, 1.165) is 6.04 Å². The molecule has 0 radical (unpaired) electrons. The highest BCUT2D eigenvalue weighted by Crippen LogP contribution is 2.21. The summed E-state index contributed by atoms with van der Waals surface area (Å²) in [7, 11) is 0.867. The van der Waals surface area contributed by atoms with Gasteiger partial charge in [-0.2, -0.15) is 0 Å². The van der Waals surface area contributed by atoms with Gasteiger partial charge in [0.2, 0.25) is 0 Å². The third-order valence-corrected chi connectivity index (χ3v) is 8.84. The molecule has 0 N–H and O–H groups in total. The van der Waals surface area contributed by atoms with E-state index in [1.165, 1.54) is 42.5 Å². The lowest BCUT2D eigenvalue weighted by atomic mass is 9.96. The molecule has 3 heteroatoms. The molecule has 1 aliphatic rings. The molecule has 1 rings (SSSR count). The molecule has 1 saturated carbocycles. The van der Waals surface area contributed by atoms with E-state index in [-0.39, 0.29) is 0 Å². The smallest absolute Gasteiger partial charge is 0.0978 e. The van der Waals surface area contributed by atoms with Gasteiger partial charge in [-0.05, 0) is 18.9 Å². The molecule has 0 bridgehead atoms. The average molecular weight is 187 g/mol. The molecule has 0 amide bonds. The molecule has 0 saturated heterocycles. The van der Waals surface area contributed by atoms with Crippen LogP contribution in [0.3, 0.4) is 0 Å². The van der Waals surface area contributed by atoms with Crippen LogP contribution in [-0.4, -0.2) is 29.6 Å². The van der Waals surface area contributed by atoms with Crippen LogP contribution in [-0.2, 0) is 0 Å². The normalized spacial score (nSPS) is 21.8. The predicted octanol–water partition coefficient (Wildman–Crippen LogP) is 0.885. The van der Waals surface area contributed by atoms with Crippen LogP contribution in [0.15, 0.2) is 0 Å². The van der Waals surface area contributed by atoms with Crippen LogP contribution in [0.5, 0.6) is 0 Å². The van der Waals surface area contributed by atoms with Crippen molar-refractivity contribution >= 4 is 19.4 Å². The zero-order chi connectivity index (χ0) is 8.27. The molecule has 0 heterocycles. The Morgan fingerprint density at radius 1 is 1.18 bits per heavy atom. The molecular formula is C8H21NSi2. The summed E-state index contributed by atoms with van der Waals surface area (Å²) in [6.07, 6.45) is 7.46. The lowest BCUT2D eigenvalue weighted by Gasteiger charge is -2.34. The second kappa shape index (κ2) is 4.43. The van der Waals surface area contributed by atoms with Crippen molar-refractivity contribution in [2.75, 3.05) is 0 Å². The van der Waals surface area contributed by atoms with Crippen LogP contribution < -0.4 is 0 Å². The fourth-order valence-corrected chi connectivity index (χ4v) is 3.57. The van der Waals surface area contributed by atoms with Gasteiger partial charge < -0.3 is 4.23 Å². The number of nitrogens with zero attached hydrogens (tertiary/aromatic N) is 1. The Labute approximate surface area is 75.4 Å². The topological polar surface area (TPSA) is 3.24 Å². The summed E-state index contributed by atoms with van der Waals surface area (Å²) >= 11 is 0. The van der Waals surface area contributed by atoms with E-state index >= 15 is 0 Å². The Morgan fingerprint density at radius 2 is 1.73 bits per heavy atom. The summed E-state index contributed by atoms with van der Waals surface area (Å²) in [4.78, 5) is 0. The first-order valence-electron chi connectivity index (χ1n) is 4.93. The maximum absolute atomic E-state index is 2.80. The van der Waals surface area contributed by atoms with Crippen LogP contribution in [0.25, 0.3) is 0 Å². The standard InChI is InChI=1S/C8H21NSi2/c1-11(2)9(10)8-6-4-3-5-7-8/h8,11H,3-7H2,1-2,10H3. The van der Waals surface area contributed by atoms with Gasteiger partial charge in [0, 0.05) is 0 Å². The summed E-state index contributed by atoms with van der Waals surface area (Å²) in [5.74, 6) is 0. The molecule has 0 atom stereocenters. The summed E-state index contributed by atoms with van der Waals surface area (Å²) in [5.41, 5.74) is 0. The first-order chi connectivity index (χ1) is 5.22. The predicted molar refractivity (Wildman–Crippen MR) is 57.5 cm³/mol. The number of hydrogen-bond acceptors (Lipinski definition) is 1. The van der Waals surface area contributed by atoms with Gasteiger partial charge in [-0.3, -0.25) is 0 Å². The second-order valence-corrected chi connectivity index (χ2v) is 9.12. The van der Waals surface area contributed by atoms with Gasteiger partial charge >= 0.3 is 0 Å². The first-order valence-corrected chi connectivity index (χ1v) is 8.66. The Bertz CT molecular complexity index is 111. The maximum Gasteiger partial charge on any atom is 0.0978 e. The van der Waals surface area contributed by atoms with E-state index in [1.54, 1.807) is 0 Å². The van der Waals surface area contributed by atoms with Gasteiger partial charge in [0.1, 0.15) is 0 Å². The molecule has 0 aromatic rings. The van der Waals surface area contributed by atoms with Crippen molar-refractivity contribution in [2.24, 2.45) is 0 Å². The molecule has 0 spiro atoms. The minimum absolute atomic E-state index is 0.443. The van der Waals surface area contributed by atoms with Crippen molar-refractivity contribution in [3.8, 4) is 0 Å². The summed E-state index contributed by atoms with van der Waals surface area (Å²) in [5, 5.41) is 0. The van der Waals surface area contributed by atoms with E-state index in [1.807, 2.05) is 0 Å². The summed E-state index contributed by atoms with van der Waals surface area (Å²) in [6, 6.07) is 1.00. The third-order valence-electron chi connectivity index (χ3n) is 2.97. The van der Waals surface area contributed by atoms with Crippen molar-refractivity contribution in [3.63, 3.8) is 0 Å². The van der Waals surface area contributed by atoms with Crippen molar-refractivity contribution in [2.45, 2.75) is 51.2 Å². The van der Waals surface area contributed by atoms with E-state index in [0.29, 0.717) is 0 Å². The van der Waals surface area contributed by atoms with Gasteiger partial charge in [-0.15, -0.1) is 0 Å². The minimum Gasteiger partial charge on any atom is -0.353 e. The van der Waals surface area contributed by atoms with Crippen LogP contribution in [0, 0.1) is 0 Å². The largest absolute Gasteiger partial charge is 0.353 e. The zero-order valence-electron chi connectivity index (χ0n) is 8.14. The van der Waals surface area contributed by atoms with Gasteiger partial charge in [0.25, 0.3) is 0 Å². The Kier molecular flexibility index (Phi) is 3.82. The molecule has 0 aliphatic heterocycles. The SMILES string of the molecule is C[SiH](C)N([SiH3])C1CCCCC1. The Hall–Kier alpha value is 0.394. The molecule has 0 aromatic heterocycles. The third kappa shape index (κ3) is 2.72. The highest BCUT2D eigenvalue weighted by Gasteiger charge is 2.19. The van der Waals surface area contributed by atoms with E-state index in [2.05, 4.69) is 17.3 Å². The van der Waals surface area contributed by atoms with Crippen molar-refractivity contribution in [1.29, 1.82) is 0 Å². The molecule has 1 fully saturated rings. The maximum atomic E-state index is 2.80. The zero-order valence-corrected chi connectivity index (χ0v) is 11.3. The van der Waals surface area contributed by atoms with Gasteiger partial charge in [-0.25, -0.2) is 0 Å². The van der Waals surface area contributed by atoms with Crippen LogP contribution in [0.4, 0.5) is 0 Å². The Morgan fingerprint density at radius 3 is 2.18 bits per heavy atom. The molecule has 11 heavy (non-hydrogen) atoms. The van der Waals surface area contributed by atoms with Crippen molar-refractivity contribution in [3.05, 3.63) is 0 Å². The quantitative estimate of drug-likeness (QED) is 0.580. The number of rotatable bonds is 2. The molecule has 0 unspecified atom stereocenters. The lowest BCUT2D eigenvalue weighted by Crippen LogP contribution is -2.42. The van der Waals surface area contributed by atoms with Gasteiger partial charge in [-0.1, -0.05) is 32.4 Å². The molecular weight excluding hydrogens is 166 g/mol. The molecule has 1 aliphatic carbocycles. The highest BCUT2D eigenvalue weighted by molar-refractivity contribution is 6.58. The molecule has 0 aromatic carbocycles. The first kappa shape index (κ1) is 9.48. The molecule has 1 nitrogen and oxygen atoms in total.